The Balaban J connectivity index is 1.52. The number of halogens is 1. The Kier molecular flexibility index (Phi) is 5.38. The van der Waals surface area contributed by atoms with Crippen molar-refractivity contribution < 1.29 is 14.3 Å². The SMILES string of the molecule is O=C(c1ccccc1)N1CC[C@@H]2[C@H]1c1cc(C#Cc3cccc(F)c3)ccc1N[C@@H]2CO. The van der Waals surface area contributed by atoms with Gasteiger partial charge in [-0.1, -0.05) is 36.1 Å². The van der Waals surface area contributed by atoms with E-state index in [0.717, 1.165) is 23.2 Å². The zero-order chi connectivity index (χ0) is 22.1. The summed E-state index contributed by atoms with van der Waals surface area (Å²) in [6.07, 6.45) is 0.820. The zero-order valence-corrected chi connectivity index (χ0v) is 17.5. The standard InChI is InChI=1S/C27H23FN2O2/c28-21-8-4-5-18(15-21)9-10-19-11-12-24-23(16-19)26-22(25(17-31)29-24)13-14-30(26)27(32)20-6-2-1-3-7-20/h1-8,11-12,15-16,22,25-26,29,31H,13-14,17H2/t22-,25+,26-/m0/s1. The van der Waals surface area contributed by atoms with E-state index in [2.05, 4.69) is 17.2 Å². The third-order valence-electron chi connectivity index (χ3n) is 6.33. The third-order valence-corrected chi connectivity index (χ3v) is 6.33. The first-order chi connectivity index (χ1) is 15.6. The number of carbonyl (C=O) groups is 1. The lowest BCUT2D eigenvalue weighted by atomic mass is 9.82. The fourth-order valence-electron chi connectivity index (χ4n) is 4.83. The van der Waals surface area contributed by atoms with Crippen LogP contribution in [0, 0.1) is 23.6 Å². The van der Waals surface area contributed by atoms with Gasteiger partial charge >= 0.3 is 0 Å². The van der Waals surface area contributed by atoms with Crippen LogP contribution in [0.1, 0.15) is 39.5 Å². The van der Waals surface area contributed by atoms with Crippen LogP contribution in [0.5, 0.6) is 0 Å². The van der Waals surface area contributed by atoms with Crippen LogP contribution in [0.3, 0.4) is 0 Å². The Bertz CT molecular complexity index is 1220. The van der Waals surface area contributed by atoms with Crippen LogP contribution in [0.2, 0.25) is 0 Å². The van der Waals surface area contributed by atoms with Gasteiger partial charge in [0.05, 0.1) is 18.7 Å². The van der Waals surface area contributed by atoms with Gasteiger partial charge in [0, 0.05) is 34.8 Å². The minimum atomic E-state index is -0.314. The number of fused-ring (bicyclic) bond motifs is 3. The number of hydrogen-bond acceptors (Lipinski definition) is 3. The molecule has 1 fully saturated rings. The molecule has 0 aromatic heterocycles. The lowest BCUT2D eigenvalue weighted by Gasteiger charge is -2.39. The number of amides is 1. The second-order valence-electron chi connectivity index (χ2n) is 8.26. The van der Waals surface area contributed by atoms with Crippen LogP contribution in [0.4, 0.5) is 10.1 Å². The van der Waals surface area contributed by atoms with E-state index in [1.54, 1.807) is 12.1 Å². The number of benzene rings is 3. The smallest absolute Gasteiger partial charge is 0.254 e. The van der Waals surface area contributed by atoms with Crippen molar-refractivity contribution in [3.8, 4) is 11.8 Å². The van der Waals surface area contributed by atoms with E-state index in [1.807, 2.05) is 53.4 Å². The van der Waals surface area contributed by atoms with E-state index in [0.29, 0.717) is 17.7 Å². The van der Waals surface area contributed by atoms with Crippen molar-refractivity contribution in [3.63, 3.8) is 0 Å². The summed E-state index contributed by atoms with van der Waals surface area (Å²) in [7, 11) is 0. The van der Waals surface area contributed by atoms with Gasteiger partial charge in [-0.05, 0) is 60.5 Å². The molecule has 2 aliphatic rings. The van der Waals surface area contributed by atoms with Crippen LogP contribution in [-0.2, 0) is 0 Å². The molecule has 2 heterocycles. The minimum absolute atomic E-state index is 0.00103. The summed E-state index contributed by atoms with van der Waals surface area (Å²) < 4.78 is 13.5. The molecule has 0 unspecified atom stereocenters. The molecule has 0 radical (unpaired) electrons. The van der Waals surface area contributed by atoms with E-state index < -0.39 is 0 Å². The van der Waals surface area contributed by atoms with Crippen molar-refractivity contribution in [2.24, 2.45) is 5.92 Å². The van der Waals surface area contributed by atoms with E-state index in [4.69, 9.17) is 0 Å². The number of nitrogens with zero attached hydrogens (tertiary/aromatic N) is 1. The van der Waals surface area contributed by atoms with Crippen molar-refractivity contribution in [2.45, 2.75) is 18.5 Å². The van der Waals surface area contributed by atoms with Crippen molar-refractivity contribution in [2.75, 3.05) is 18.5 Å². The molecule has 32 heavy (non-hydrogen) atoms. The molecule has 4 nitrogen and oxygen atoms in total. The van der Waals surface area contributed by atoms with Gasteiger partial charge in [-0.3, -0.25) is 4.79 Å². The second kappa shape index (κ2) is 8.49. The topological polar surface area (TPSA) is 52.6 Å². The third kappa shape index (κ3) is 3.74. The van der Waals surface area contributed by atoms with Crippen LogP contribution < -0.4 is 5.32 Å². The summed E-state index contributed by atoms with van der Waals surface area (Å²) in [5.74, 6) is 5.94. The first kappa shape index (κ1) is 20.3. The van der Waals surface area contributed by atoms with E-state index in [-0.39, 0.29) is 36.3 Å². The van der Waals surface area contributed by atoms with E-state index >= 15 is 0 Å². The molecule has 2 aliphatic heterocycles. The van der Waals surface area contributed by atoms with Gasteiger partial charge in [0.2, 0.25) is 0 Å². The quantitative estimate of drug-likeness (QED) is 0.604. The summed E-state index contributed by atoms with van der Waals surface area (Å²) in [6.45, 7) is 0.648. The molecule has 3 aromatic carbocycles. The molecular weight excluding hydrogens is 403 g/mol. The maximum Gasteiger partial charge on any atom is 0.254 e. The van der Waals surface area contributed by atoms with Crippen molar-refractivity contribution in [1.29, 1.82) is 0 Å². The largest absolute Gasteiger partial charge is 0.394 e. The van der Waals surface area contributed by atoms with Crippen molar-refractivity contribution >= 4 is 11.6 Å². The van der Waals surface area contributed by atoms with Gasteiger partial charge in [0.25, 0.3) is 5.91 Å². The molecule has 5 heteroatoms. The summed E-state index contributed by atoms with van der Waals surface area (Å²) in [6, 6.07) is 21.2. The number of aliphatic hydroxyl groups is 1. The highest BCUT2D eigenvalue weighted by molar-refractivity contribution is 5.95. The Morgan fingerprint density at radius 3 is 2.56 bits per heavy atom. The highest BCUT2D eigenvalue weighted by Gasteiger charge is 2.45. The van der Waals surface area contributed by atoms with Crippen LogP contribution >= 0.6 is 0 Å². The van der Waals surface area contributed by atoms with Gasteiger partial charge in [-0.15, -0.1) is 0 Å². The monoisotopic (exact) mass is 426 g/mol. The summed E-state index contributed by atoms with van der Waals surface area (Å²) >= 11 is 0. The molecule has 1 saturated heterocycles. The highest BCUT2D eigenvalue weighted by atomic mass is 19.1. The van der Waals surface area contributed by atoms with Gasteiger partial charge in [-0.2, -0.15) is 0 Å². The molecule has 5 rings (SSSR count). The lowest BCUT2D eigenvalue weighted by molar-refractivity contribution is 0.0701. The number of aliphatic hydroxyl groups excluding tert-OH is 1. The number of likely N-dealkylation sites (tertiary alicyclic amines) is 1. The summed E-state index contributed by atoms with van der Waals surface area (Å²) in [5, 5.41) is 13.4. The molecule has 0 spiro atoms. The maximum atomic E-state index is 13.5. The number of nitrogens with one attached hydrogen (secondary N) is 1. The number of rotatable bonds is 2. The molecule has 160 valence electrons. The van der Waals surface area contributed by atoms with Gasteiger partial charge in [0.1, 0.15) is 5.82 Å². The predicted molar refractivity (Wildman–Crippen MR) is 122 cm³/mol. The molecule has 1 amide bonds. The minimum Gasteiger partial charge on any atom is -0.394 e. The first-order valence-electron chi connectivity index (χ1n) is 10.8. The molecule has 2 N–H and O–H groups in total. The Labute approximate surface area is 186 Å². The average molecular weight is 426 g/mol. The normalized spacial score (nSPS) is 21.1. The number of anilines is 1. The van der Waals surface area contributed by atoms with E-state index in [1.165, 1.54) is 12.1 Å². The van der Waals surface area contributed by atoms with E-state index in [9.17, 15) is 14.3 Å². The highest BCUT2D eigenvalue weighted by Crippen LogP contribution is 2.47. The molecule has 0 saturated carbocycles. The first-order valence-corrected chi connectivity index (χ1v) is 10.8. The molecular formula is C27H23FN2O2. The maximum absolute atomic E-state index is 13.5. The predicted octanol–water partition coefficient (Wildman–Crippen LogP) is 4.22. The van der Waals surface area contributed by atoms with Gasteiger partial charge < -0.3 is 15.3 Å². The van der Waals surface area contributed by atoms with Gasteiger partial charge in [-0.25, -0.2) is 4.39 Å². The summed E-state index contributed by atoms with van der Waals surface area (Å²) in [5.41, 5.74) is 3.99. The lowest BCUT2D eigenvalue weighted by Crippen LogP contribution is -2.42. The Morgan fingerprint density at radius 2 is 1.81 bits per heavy atom. The molecule has 3 atom stereocenters. The molecule has 3 aromatic rings. The van der Waals surface area contributed by atoms with Crippen LogP contribution in [-0.4, -0.2) is 35.1 Å². The van der Waals surface area contributed by atoms with Crippen molar-refractivity contribution in [1.82, 2.24) is 4.90 Å². The fourth-order valence-corrected chi connectivity index (χ4v) is 4.83. The fraction of sp³-hybridized carbons (Fsp3) is 0.222. The Morgan fingerprint density at radius 1 is 1.03 bits per heavy atom. The molecule has 0 aliphatic carbocycles. The Hall–Kier alpha value is -3.62. The van der Waals surface area contributed by atoms with Crippen LogP contribution in [0.15, 0.2) is 72.8 Å². The average Bonchev–Trinajstić information content (AvgIpc) is 3.28. The summed E-state index contributed by atoms with van der Waals surface area (Å²) in [4.78, 5) is 15.2. The number of hydrogen-bond donors (Lipinski definition) is 2. The van der Waals surface area contributed by atoms with Crippen LogP contribution in [0.25, 0.3) is 0 Å². The molecule has 0 bridgehead atoms. The number of carbonyl (C=O) groups excluding carboxylic acids is 1. The second-order valence-corrected chi connectivity index (χ2v) is 8.26. The van der Waals surface area contributed by atoms with Crippen molar-refractivity contribution in [3.05, 3.63) is 101 Å². The zero-order valence-electron chi connectivity index (χ0n) is 17.5. The van der Waals surface area contributed by atoms with Gasteiger partial charge in [0.15, 0.2) is 0 Å².